The molecule has 2 aromatic rings. The van der Waals surface area contributed by atoms with E-state index in [1.165, 1.54) is 4.88 Å². The molecule has 0 aliphatic rings. The SMILES string of the molecule is CC(C)CNCc1ccc(N(C)Cc2ccc(Cl)s2)nn1. The Balaban J connectivity index is 1.88. The second-order valence-corrected chi connectivity index (χ2v) is 7.27. The standard InChI is InChI=1S/C15H21ClN4S/c1-11(2)8-17-9-12-4-7-15(19-18-12)20(3)10-13-5-6-14(16)21-13/h4-7,11,17H,8-10H2,1-3H3. The molecule has 0 atom stereocenters. The molecule has 0 saturated heterocycles. The highest BCUT2D eigenvalue weighted by atomic mass is 35.5. The normalized spacial score (nSPS) is 11.1. The number of rotatable bonds is 7. The molecule has 2 aromatic heterocycles. The van der Waals surface area contributed by atoms with Crippen molar-refractivity contribution in [2.45, 2.75) is 26.9 Å². The quantitative estimate of drug-likeness (QED) is 0.845. The number of hydrogen-bond acceptors (Lipinski definition) is 5. The van der Waals surface area contributed by atoms with Gasteiger partial charge in [-0.3, -0.25) is 0 Å². The average molecular weight is 325 g/mol. The lowest BCUT2D eigenvalue weighted by atomic mass is 10.2. The highest BCUT2D eigenvalue weighted by Crippen LogP contribution is 2.23. The molecule has 6 heteroatoms. The summed E-state index contributed by atoms with van der Waals surface area (Å²) >= 11 is 7.54. The molecular formula is C15H21ClN4S. The molecule has 0 unspecified atom stereocenters. The van der Waals surface area contributed by atoms with E-state index in [4.69, 9.17) is 11.6 Å². The minimum Gasteiger partial charge on any atom is -0.353 e. The summed E-state index contributed by atoms with van der Waals surface area (Å²) in [6.45, 7) is 6.91. The molecule has 2 heterocycles. The van der Waals surface area contributed by atoms with Crippen molar-refractivity contribution in [2.75, 3.05) is 18.5 Å². The van der Waals surface area contributed by atoms with Gasteiger partial charge in [0.1, 0.15) is 0 Å². The predicted octanol–water partition coefficient (Wildman–Crippen LogP) is 3.57. The van der Waals surface area contributed by atoms with E-state index < -0.39 is 0 Å². The zero-order valence-electron chi connectivity index (χ0n) is 12.6. The first-order valence-electron chi connectivity index (χ1n) is 7.03. The third kappa shape index (κ3) is 5.26. The molecule has 114 valence electrons. The predicted molar refractivity (Wildman–Crippen MR) is 90.0 cm³/mol. The summed E-state index contributed by atoms with van der Waals surface area (Å²) < 4.78 is 0.816. The Hall–Kier alpha value is -1.17. The maximum Gasteiger partial charge on any atom is 0.151 e. The average Bonchev–Trinajstić information content (AvgIpc) is 2.84. The van der Waals surface area contributed by atoms with Gasteiger partial charge in [-0.05, 0) is 36.7 Å². The van der Waals surface area contributed by atoms with E-state index in [1.807, 2.05) is 31.3 Å². The Morgan fingerprint density at radius 1 is 1.24 bits per heavy atom. The number of aromatic nitrogens is 2. The molecule has 0 aliphatic heterocycles. The van der Waals surface area contributed by atoms with Crippen LogP contribution < -0.4 is 10.2 Å². The molecule has 1 N–H and O–H groups in total. The van der Waals surface area contributed by atoms with Gasteiger partial charge in [0.2, 0.25) is 0 Å². The molecular weight excluding hydrogens is 304 g/mol. The van der Waals surface area contributed by atoms with Gasteiger partial charge in [0.15, 0.2) is 5.82 Å². The Labute approximate surface area is 135 Å². The van der Waals surface area contributed by atoms with Crippen LogP contribution in [0.4, 0.5) is 5.82 Å². The lowest BCUT2D eigenvalue weighted by Gasteiger charge is -2.16. The lowest BCUT2D eigenvalue weighted by Crippen LogP contribution is -2.21. The first-order chi connectivity index (χ1) is 10.0. The molecule has 4 nitrogen and oxygen atoms in total. The van der Waals surface area contributed by atoms with E-state index in [0.717, 1.165) is 35.5 Å². The van der Waals surface area contributed by atoms with Crippen molar-refractivity contribution in [1.82, 2.24) is 15.5 Å². The molecule has 2 rings (SSSR count). The van der Waals surface area contributed by atoms with Crippen LogP contribution in [-0.4, -0.2) is 23.8 Å². The molecule has 0 amide bonds. The summed E-state index contributed by atoms with van der Waals surface area (Å²) in [7, 11) is 2.01. The second-order valence-electron chi connectivity index (χ2n) is 5.47. The van der Waals surface area contributed by atoms with Gasteiger partial charge < -0.3 is 10.2 Å². The Morgan fingerprint density at radius 3 is 2.62 bits per heavy atom. The Bertz CT molecular complexity index is 553. The molecule has 0 spiro atoms. The highest BCUT2D eigenvalue weighted by molar-refractivity contribution is 7.16. The maximum absolute atomic E-state index is 5.95. The van der Waals surface area contributed by atoms with Crippen LogP contribution in [0.1, 0.15) is 24.4 Å². The first kappa shape index (κ1) is 16.2. The van der Waals surface area contributed by atoms with Crippen LogP contribution in [0.15, 0.2) is 24.3 Å². The van der Waals surface area contributed by atoms with Gasteiger partial charge in [-0.15, -0.1) is 16.4 Å². The Kier molecular flexibility index (Phi) is 5.96. The molecule has 0 bridgehead atoms. The third-order valence-electron chi connectivity index (χ3n) is 2.98. The number of thiophene rings is 1. The van der Waals surface area contributed by atoms with Gasteiger partial charge in [-0.1, -0.05) is 25.4 Å². The van der Waals surface area contributed by atoms with E-state index in [2.05, 4.69) is 34.3 Å². The van der Waals surface area contributed by atoms with E-state index in [-0.39, 0.29) is 0 Å². The van der Waals surface area contributed by atoms with Crippen molar-refractivity contribution in [3.05, 3.63) is 39.2 Å². The first-order valence-corrected chi connectivity index (χ1v) is 8.22. The van der Waals surface area contributed by atoms with E-state index >= 15 is 0 Å². The Morgan fingerprint density at radius 2 is 2.05 bits per heavy atom. The number of nitrogens with one attached hydrogen (secondary N) is 1. The third-order valence-corrected chi connectivity index (χ3v) is 4.19. The molecule has 0 saturated carbocycles. The fraction of sp³-hybridized carbons (Fsp3) is 0.467. The van der Waals surface area contributed by atoms with Gasteiger partial charge in [-0.2, -0.15) is 5.10 Å². The fourth-order valence-corrected chi connectivity index (χ4v) is 3.03. The number of halogens is 1. The molecule has 0 aromatic carbocycles. The molecule has 0 radical (unpaired) electrons. The van der Waals surface area contributed by atoms with Crippen molar-refractivity contribution in [1.29, 1.82) is 0 Å². The summed E-state index contributed by atoms with van der Waals surface area (Å²) in [6, 6.07) is 7.99. The summed E-state index contributed by atoms with van der Waals surface area (Å²) in [4.78, 5) is 3.28. The topological polar surface area (TPSA) is 41.0 Å². The van der Waals surface area contributed by atoms with E-state index in [9.17, 15) is 0 Å². The summed E-state index contributed by atoms with van der Waals surface area (Å²) in [5.74, 6) is 1.51. The van der Waals surface area contributed by atoms with Crippen molar-refractivity contribution in [2.24, 2.45) is 5.92 Å². The monoisotopic (exact) mass is 324 g/mol. The lowest BCUT2D eigenvalue weighted by molar-refractivity contribution is 0.546. The van der Waals surface area contributed by atoms with Gasteiger partial charge in [-0.25, -0.2) is 0 Å². The van der Waals surface area contributed by atoms with Crippen LogP contribution in [0.25, 0.3) is 0 Å². The van der Waals surface area contributed by atoms with E-state index in [1.54, 1.807) is 11.3 Å². The van der Waals surface area contributed by atoms with Crippen molar-refractivity contribution in [3.63, 3.8) is 0 Å². The summed E-state index contributed by atoms with van der Waals surface area (Å²) in [5.41, 5.74) is 0.965. The van der Waals surface area contributed by atoms with Crippen LogP contribution in [0.2, 0.25) is 4.34 Å². The number of anilines is 1. The van der Waals surface area contributed by atoms with Crippen LogP contribution >= 0.6 is 22.9 Å². The van der Waals surface area contributed by atoms with Gasteiger partial charge in [0.05, 0.1) is 16.6 Å². The van der Waals surface area contributed by atoms with Crippen molar-refractivity contribution >= 4 is 28.8 Å². The fourth-order valence-electron chi connectivity index (χ4n) is 1.89. The van der Waals surface area contributed by atoms with Crippen LogP contribution in [0, 0.1) is 5.92 Å². The molecule has 0 fully saturated rings. The van der Waals surface area contributed by atoms with Gasteiger partial charge in [0.25, 0.3) is 0 Å². The largest absolute Gasteiger partial charge is 0.353 e. The van der Waals surface area contributed by atoms with Crippen LogP contribution in [-0.2, 0) is 13.1 Å². The molecule has 21 heavy (non-hydrogen) atoms. The number of nitrogens with zero attached hydrogens (tertiary/aromatic N) is 3. The maximum atomic E-state index is 5.95. The smallest absolute Gasteiger partial charge is 0.151 e. The van der Waals surface area contributed by atoms with Gasteiger partial charge >= 0.3 is 0 Å². The number of hydrogen-bond donors (Lipinski definition) is 1. The van der Waals surface area contributed by atoms with E-state index in [0.29, 0.717) is 5.92 Å². The summed E-state index contributed by atoms with van der Waals surface area (Å²) in [5, 5.41) is 11.9. The van der Waals surface area contributed by atoms with Crippen molar-refractivity contribution in [3.8, 4) is 0 Å². The highest BCUT2D eigenvalue weighted by Gasteiger charge is 2.07. The van der Waals surface area contributed by atoms with Gasteiger partial charge in [0, 0.05) is 18.5 Å². The summed E-state index contributed by atoms with van der Waals surface area (Å²) in [6.07, 6.45) is 0. The van der Waals surface area contributed by atoms with Crippen LogP contribution in [0.5, 0.6) is 0 Å². The zero-order chi connectivity index (χ0) is 15.2. The zero-order valence-corrected chi connectivity index (χ0v) is 14.2. The minimum absolute atomic E-state index is 0.640. The molecule has 0 aliphatic carbocycles. The minimum atomic E-state index is 0.640. The second kappa shape index (κ2) is 7.73. The van der Waals surface area contributed by atoms with Crippen molar-refractivity contribution < 1.29 is 0 Å². The van der Waals surface area contributed by atoms with Crippen LogP contribution in [0.3, 0.4) is 0 Å².